The highest BCUT2D eigenvalue weighted by Gasteiger charge is 2.12. The first-order valence-corrected chi connectivity index (χ1v) is 5.36. The van der Waals surface area contributed by atoms with Crippen LogP contribution in [0.4, 0.5) is 0 Å². The van der Waals surface area contributed by atoms with Crippen molar-refractivity contribution >= 4 is 15.9 Å². The molecule has 1 heterocycles. The van der Waals surface area contributed by atoms with Crippen molar-refractivity contribution < 1.29 is 4.74 Å². The van der Waals surface area contributed by atoms with E-state index in [1.807, 2.05) is 25.1 Å². The van der Waals surface area contributed by atoms with Crippen molar-refractivity contribution in [1.29, 1.82) is 0 Å². The predicted octanol–water partition coefficient (Wildman–Crippen LogP) is 3.16. The van der Waals surface area contributed by atoms with Gasteiger partial charge in [-0.1, -0.05) is 6.07 Å². The topological polar surface area (TPSA) is 37.9 Å². The maximum Gasteiger partial charge on any atom is 0.142 e. The summed E-state index contributed by atoms with van der Waals surface area (Å²) >= 11 is 3.49. The number of imidazole rings is 1. The molecule has 0 spiro atoms. The second-order valence-electron chi connectivity index (χ2n) is 3.23. The fourth-order valence-electron chi connectivity index (χ4n) is 1.44. The summed E-state index contributed by atoms with van der Waals surface area (Å²) in [5, 5.41) is 0. The molecule has 0 saturated carbocycles. The number of hydrogen-bond donors (Lipinski definition) is 1. The zero-order valence-electron chi connectivity index (χ0n) is 8.54. The summed E-state index contributed by atoms with van der Waals surface area (Å²) in [6.07, 6.45) is 1.80. The number of methoxy groups -OCH3 is 1. The summed E-state index contributed by atoms with van der Waals surface area (Å²) in [5.41, 5.74) is 1.98. The van der Waals surface area contributed by atoms with Crippen LogP contribution in [-0.4, -0.2) is 17.1 Å². The molecule has 0 unspecified atom stereocenters. The molecule has 1 N–H and O–H groups in total. The van der Waals surface area contributed by atoms with Crippen LogP contribution in [0.2, 0.25) is 0 Å². The van der Waals surface area contributed by atoms with Gasteiger partial charge in [0, 0.05) is 16.4 Å². The Morgan fingerprint density at radius 1 is 1.40 bits per heavy atom. The van der Waals surface area contributed by atoms with Crippen molar-refractivity contribution in [3.8, 4) is 17.1 Å². The normalized spacial score (nSPS) is 10.3. The third-order valence-corrected chi connectivity index (χ3v) is 2.80. The molecule has 3 nitrogen and oxygen atoms in total. The maximum atomic E-state index is 5.30. The van der Waals surface area contributed by atoms with E-state index in [4.69, 9.17) is 4.74 Å². The van der Waals surface area contributed by atoms with Gasteiger partial charge in [-0.25, -0.2) is 4.98 Å². The lowest BCUT2D eigenvalue weighted by Gasteiger charge is -2.07. The molecule has 0 aliphatic rings. The number of rotatable bonds is 2. The van der Waals surface area contributed by atoms with Gasteiger partial charge >= 0.3 is 0 Å². The SMILES string of the molecule is COc1cccc(Br)c1-c1ncc(C)[nH]1. The molecule has 0 fully saturated rings. The lowest BCUT2D eigenvalue weighted by molar-refractivity contribution is 0.416. The predicted molar refractivity (Wildman–Crippen MR) is 63.0 cm³/mol. The Balaban J connectivity index is 2.60. The Bertz CT molecular complexity index is 479. The summed E-state index contributed by atoms with van der Waals surface area (Å²) in [5.74, 6) is 1.62. The van der Waals surface area contributed by atoms with Gasteiger partial charge in [-0.2, -0.15) is 0 Å². The van der Waals surface area contributed by atoms with Crippen molar-refractivity contribution in [3.05, 3.63) is 34.6 Å². The van der Waals surface area contributed by atoms with Gasteiger partial charge in [0.15, 0.2) is 0 Å². The Morgan fingerprint density at radius 2 is 2.20 bits per heavy atom. The number of nitrogens with one attached hydrogen (secondary N) is 1. The Labute approximate surface area is 96.6 Å². The van der Waals surface area contributed by atoms with Crippen molar-refractivity contribution in [2.75, 3.05) is 7.11 Å². The van der Waals surface area contributed by atoms with Gasteiger partial charge in [0.25, 0.3) is 0 Å². The zero-order valence-corrected chi connectivity index (χ0v) is 10.1. The van der Waals surface area contributed by atoms with E-state index in [-0.39, 0.29) is 0 Å². The van der Waals surface area contributed by atoms with Crippen molar-refractivity contribution in [1.82, 2.24) is 9.97 Å². The van der Waals surface area contributed by atoms with E-state index in [0.29, 0.717) is 0 Å². The summed E-state index contributed by atoms with van der Waals surface area (Å²) in [4.78, 5) is 7.48. The van der Waals surface area contributed by atoms with Crippen molar-refractivity contribution in [2.24, 2.45) is 0 Å². The van der Waals surface area contributed by atoms with E-state index < -0.39 is 0 Å². The van der Waals surface area contributed by atoms with E-state index in [0.717, 1.165) is 27.3 Å². The van der Waals surface area contributed by atoms with Crippen molar-refractivity contribution in [2.45, 2.75) is 6.92 Å². The van der Waals surface area contributed by atoms with Crippen LogP contribution in [0.25, 0.3) is 11.4 Å². The number of aryl methyl sites for hydroxylation is 1. The number of H-pyrrole nitrogens is 1. The first-order valence-electron chi connectivity index (χ1n) is 4.57. The minimum atomic E-state index is 0.804. The molecule has 4 heteroatoms. The number of aromatic nitrogens is 2. The van der Waals surface area contributed by atoms with Crippen LogP contribution < -0.4 is 4.74 Å². The van der Waals surface area contributed by atoms with Crippen LogP contribution in [0.15, 0.2) is 28.9 Å². The molecule has 2 rings (SSSR count). The molecule has 1 aromatic heterocycles. The molecular weight excluding hydrogens is 256 g/mol. The highest BCUT2D eigenvalue weighted by Crippen LogP contribution is 2.34. The monoisotopic (exact) mass is 266 g/mol. The standard InChI is InChI=1S/C11H11BrN2O/c1-7-6-13-11(14-7)10-8(12)4-3-5-9(10)15-2/h3-6H,1-2H3,(H,13,14). The molecule has 0 bridgehead atoms. The summed E-state index contributed by atoms with van der Waals surface area (Å²) in [6, 6.07) is 5.82. The largest absolute Gasteiger partial charge is 0.496 e. The molecule has 78 valence electrons. The molecule has 0 saturated heterocycles. The van der Waals surface area contributed by atoms with E-state index in [1.165, 1.54) is 0 Å². The van der Waals surface area contributed by atoms with Gasteiger partial charge in [-0.15, -0.1) is 0 Å². The lowest BCUT2D eigenvalue weighted by Crippen LogP contribution is -1.90. The van der Waals surface area contributed by atoms with Gasteiger partial charge in [-0.05, 0) is 35.0 Å². The number of nitrogens with zero attached hydrogens (tertiary/aromatic N) is 1. The highest BCUT2D eigenvalue weighted by molar-refractivity contribution is 9.10. The number of aromatic amines is 1. The molecule has 1 aromatic carbocycles. The smallest absolute Gasteiger partial charge is 0.142 e. The van der Waals surface area contributed by atoms with E-state index in [9.17, 15) is 0 Å². The molecule has 0 atom stereocenters. The van der Waals surface area contributed by atoms with Crippen LogP contribution >= 0.6 is 15.9 Å². The minimum Gasteiger partial charge on any atom is -0.496 e. The summed E-state index contributed by atoms with van der Waals surface area (Å²) in [7, 11) is 1.65. The van der Waals surface area contributed by atoms with Crippen LogP contribution in [0.5, 0.6) is 5.75 Å². The average Bonchev–Trinajstić information content (AvgIpc) is 2.64. The third-order valence-electron chi connectivity index (χ3n) is 2.13. The fraction of sp³-hybridized carbons (Fsp3) is 0.182. The summed E-state index contributed by atoms with van der Waals surface area (Å²) in [6.45, 7) is 1.97. The molecule has 2 aromatic rings. The molecule has 0 radical (unpaired) electrons. The first-order chi connectivity index (χ1) is 7.22. The minimum absolute atomic E-state index is 0.804. The number of benzene rings is 1. The second-order valence-corrected chi connectivity index (χ2v) is 4.09. The maximum absolute atomic E-state index is 5.30. The lowest BCUT2D eigenvalue weighted by atomic mass is 10.2. The number of hydrogen-bond acceptors (Lipinski definition) is 2. The molecule has 0 amide bonds. The van der Waals surface area contributed by atoms with E-state index in [1.54, 1.807) is 13.3 Å². The molecule has 15 heavy (non-hydrogen) atoms. The molecular formula is C11H11BrN2O. The second kappa shape index (κ2) is 4.06. The zero-order chi connectivity index (χ0) is 10.8. The van der Waals surface area contributed by atoms with Crippen LogP contribution in [0, 0.1) is 6.92 Å². The Morgan fingerprint density at radius 3 is 2.80 bits per heavy atom. The quantitative estimate of drug-likeness (QED) is 0.907. The number of ether oxygens (including phenoxy) is 1. The van der Waals surface area contributed by atoms with Gasteiger partial charge < -0.3 is 9.72 Å². The van der Waals surface area contributed by atoms with Gasteiger partial charge in [0.05, 0.1) is 12.7 Å². The highest BCUT2D eigenvalue weighted by atomic mass is 79.9. The van der Waals surface area contributed by atoms with E-state index in [2.05, 4.69) is 25.9 Å². The van der Waals surface area contributed by atoms with Crippen LogP contribution in [-0.2, 0) is 0 Å². The van der Waals surface area contributed by atoms with Gasteiger partial charge in [0.1, 0.15) is 11.6 Å². The first kappa shape index (κ1) is 10.2. The van der Waals surface area contributed by atoms with Crippen molar-refractivity contribution in [3.63, 3.8) is 0 Å². The Hall–Kier alpha value is -1.29. The molecule has 0 aliphatic heterocycles. The fourth-order valence-corrected chi connectivity index (χ4v) is 1.98. The van der Waals surface area contributed by atoms with Crippen LogP contribution in [0.3, 0.4) is 0 Å². The third kappa shape index (κ3) is 1.90. The van der Waals surface area contributed by atoms with Crippen LogP contribution in [0.1, 0.15) is 5.69 Å². The average molecular weight is 267 g/mol. The molecule has 0 aliphatic carbocycles. The van der Waals surface area contributed by atoms with E-state index >= 15 is 0 Å². The van der Waals surface area contributed by atoms with Gasteiger partial charge in [0.2, 0.25) is 0 Å². The number of halogens is 1. The summed E-state index contributed by atoms with van der Waals surface area (Å²) < 4.78 is 6.27. The Kier molecular flexibility index (Phi) is 2.77. The van der Waals surface area contributed by atoms with Gasteiger partial charge in [-0.3, -0.25) is 0 Å².